The molecule has 0 aliphatic rings. The second kappa shape index (κ2) is 8.84. The molecule has 2 aromatic carbocycles. The van der Waals surface area contributed by atoms with Crippen LogP contribution in [0.4, 0.5) is 9.52 Å². The fourth-order valence-electron chi connectivity index (χ4n) is 2.60. The Labute approximate surface area is 166 Å². The van der Waals surface area contributed by atoms with Gasteiger partial charge in [0.1, 0.15) is 17.1 Å². The average molecular weight is 397 g/mol. The average Bonchev–Trinajstić information content (AvgIpc) is 3.18. The van der Waals surface area contributed by atoms with Gasteiger partial charge in [-0.2, -0.15) is 0 Å². The van der Waals surface area contributed by atoms with Gasteiger partial charge in [0.2, 0.25) is 5.13 Å². The Balaban J connectivity index is 1.92. The smallest absolute Gasteiger partial charge is 0.263 e. The predicted octanol–water partition coefficient (Wildman–Crippen LogP) is 4.85. The molecule has 1 aromatic heterocycles. The highest BCUT2D eigenvalue weighted by Gasteiger charge is 2.24. The van der Waals surface area contributed by atoms with Crippen molar-refractivity contribution in [2.75, 3.05) is 11.4 Å². The van der Waals surface area contributed by atoms with Crippen molar-refractivity contribution in [3.05, 3.63) is 65.5 Å². The van der Waals surface area contributed by atoms with E-state index in [2.05, 4.69) is 24.0 Å². The molecule has 0 radical (unpaired) electrons. The SMILES string of the molecule is CC(C)CCN(C(=O)c1ccccc1F)c1nnc(-c2ccc(C=O)cc2)s1. The number of anilines is 1. The lowest BCUT2D eigenvalue weighted by Gasteiger charge is -2.20. The van der Waals surface area contributed by atoms with E-state index < -0.39 is 11.7 Å². The minimum Gasteiger partial charge on any atom is -0.298 e. The molecule has 28 heavy (non-hydrogen) atoms. The molecule has 0 saturated heterocycles. The minimum absolute atomic E-state index is 0.0124. The molecular weight excluding hydrogens is 377 g/mol. The lowest BCUT2D eigenvalue weighted by atomic mass is 10.1. The number of benzene rings is 2. The van der Waals surface area contributed by atoms with Crippen molar-refractivity contribution in [3.63, 3.8) is 0 Å². The highest BCUT2D eigenvalue weighted by atomic mass is 32.1. The molecule has 1 amide bonds. The van der Waals surface area contributed by atoms with E-state index in [4.69, 9.17) is 0 Å². The summed E-state index contributed by atoms with van der Waals surface area (Å²) < 4.78 is 14.1. The summed E-state index contributed by atoms with van der Waals surface area (Å²) in [6.07, 6.45) is 1.53. The Morgan fingerprint density at radius 1 is 1.14 bits per heavy atom. The van der Waals surface area contributed by atoms with Gasteiger partial charge in [-0.3, -0.25) is 14.5 Å². The van der Waals surface area contributed by atoms with Crippen LogP contribution in [0.5, 0.6) is 0 Å². The summed E-state index contributed by atoms with van der Waals surface area (Å²) in [4.78, 5) is 25.3. The molecule has 3 aromatic rings. The maximum absolute atomic E-state index is 14.1. The minimum atomic E-state index is -0.559. The van der Waals surface area contributed by atoms with Gasteiger partial charge in [0.15, 0.2) is 0 Å². The van der Waals surface area contributed by atoms with E-state index in [0.29, 0.717) is 28.2 Å². The molecule has 0 aliphatic heterocycles. The first-order chi connectivity index (χ1) is 13.5. The molecule has 0 saturated carbocycles. The number of nitrogens with zero attached hydrogens (tertiary/aromatic N) is 3. The quantitative estimate of drug-likeness (QED) is 0.535. The zero-order chi connectivity index (χ0) is 20.1. The van der Waals surface area contributed by atoms with Gasteiger partial charge in [-0.15, -0.1) is 10.2 Å². The fraction of sp³-hybridized carbons (Fsp3) is 0.238. The second-order valence-corrected chi connectivity index (χ2v) is 7.70. The van der Waals surface area contributed by atoms with Crippen LogP contribution in [-0.4, -0.2) is 28.9 Å². The summed E-state index contributed by atoms with van der Waals surface area (Å²) in [5.74, 6) is -0.617. The number of carbonyl (C=O) groups excluding carboxylic acids is 2. The Kier molecular flexibility index (Phi) is 6.26. The van der Waals surface area contributed by atoms with E-state index in [1.807, 2.05) is 0 Å². The monoisotopic (exact) mass is 397 g/mol. The number of carbonyl (C=O) groups is 2. The third-order valence-corrected chi connectivity index (χ3v) is 5.21. The van der Waals surface area contributed by atoms with Crippen LogP contribution in [0.3, 0.4) is 0 Å². The van der Waals surface area contributed by atoms with Crippen LogP contribution >= 0.6 is 11.3 Å². The van der Waals surface area contributed by atoms with Gasteiger partial charge >= 0.3 is 0 Å². The van der Waals surface area contributed by atoms with Gasteiger partial charge in [0, 0.05) is 17.7 Å². The van der Waals surface area contributed by atoms with Crippen LogP contribution in [0, 0.1) is 11.7 Å². The Bertz CT molecular complexity index is 970. The zero-order valence-electron chi connectivity index (χ0n) is 15.6. The lowest BCUT2D eigenvalue weighted by Crippen LogP contribution is -2.33. The van der Waals surface area contributed by atoms with E-state index in [1.54, 1.807) is 36.4 Å². The number of hydrogen-bond acceptors (Lipinski definition) is 5. The van der Waals surface area contributed by atoms with Gasteiger partial charge in [-0.05, 0) is 24.5 Å². The molecule has 7 heteroatoms. The molecule has 0 atom stereocenters. The largest absolute Gasteiger partial charge is 0.298 e. The van der Waals surface area contributed by atoms with E-state index >= 15 is 0 Å². The van der Waals surface area contributed by atoms with Crippen LogP contribution in [-0.2, 0) is 0 Å². The first-order valence-corrected chi connectivity index (χ1v) is 9.76. The standard InChI is InChI=1S/C21H20FN3O2S/c1-14(2)11-12-25(20(27)17-5-3-4-6-18(17)22)21-24-23-19(28-21)16-9-7-15(13-26)8-10-16/h3-10,13-14H,11-12H2,1-2H3. The molecule has 0 bridgehead atoms. The molecule has 0 N–H and O–H groups in total. The van der Waals surface area contributed by atoms with Crippen LogP contribution in [0.2, 0.25) is 0 Å². The Morgan fingerprint density at radius 3 is 2.50 bits per heavy atom. The van der Waals surface area contributed by atoms with Crippen LogP contribution in [0.15, 0.2) is 48.5 Å². The molecule has 5 nitrogen and oxygen atoms in total. The second-order valence-electron chi connectivity index (χ2n) is 6.75. The number of aldehydes is 1. The van der Waals surface area contributed by atoms with E-state index in [0.717, 1.165) is 18.3 Å². The van der Waals surface area contributed by atoms with Crippen molar-refractivity contribution in [2.24, 2.45) is 5.92 Å². The maximum Gasteiger partial charge on any atom is 0.263 e. The zero-order valence-corrected chi connectivity index (χ0v) is 16.4. The summed E-state index contributed by atoms with van der Waals surface area (Å²) in [6, 6.07) is 12.9. The van der Waals surface area contributed by atoms with Gasteiger partial charge in [0.05, 0.1) is 5.56 Å². The summed E-state index contributed by atoms with van der Waals surface area (Å²) in [5.41, 5.74) is 1.39. The number of amides is 1. The third-order valence-electron chi connectivity index (χ3n) is 4.22. The summed E-state index contributed by atoms with van der Waals surface area (Å²) in [6.45, 7) is 4.54. The van der Waals surface area contributed by atoms with Gasteiger partial charge in [0.25, 0.3) is 5.91 Å². The van der Waals surface area contributed by atoms with E-state index in [1.165, 1.54) is 28.4 Å². The predicted molar refractivity (Wildman–Crippen MR) is 108 cm³/mol. The Hall–Kier alpha value is -2.93. The van der Waals surface area contributed by atoms with Crippen molar-refractivity contribution < 1.29 is 14.0 Å². The first kappa shape index (κ1) is 19.8. The maximum atomic E-state index is 14.1. The van der Waals surface area contributed by atoms with Crippen molar-refractivity contribution in [1.29, 1.82) is 0 Å². The number of halogens is 1. The third kappa shape index (κ3) is 4.48. The highest BCUT2D eigenvalue weighted by molar-refractivity contribution is 7.18. The topological polar surface area (TPSA) is 63.2 Å². The normalized spacial score (nSPS) is 10.9. The van der Waals surface area contributed by atoms with Crippen molar-refractivity contribution in [3.8, 4) is 10.6 Å². The van der Waals surface area contributed by atoms with Crippen molar-refractivity contribution >= 4 is 28.7 Å². The van der Waals surface area contributed by atoms with Crippen LogP contribution in [0.1, 0.15) is 41.0 Å². The number of hydrogen-bond donors (Lipinski definition) is 0. The Morgan fingerprint density at radius 2 is 1.86 bits per heavy atom. The summed E-state index contributed by atoms with van der Waals surface area (Å²) in [7, 11) is 0. The lowest BCUT2D eigenvalue weighted by molar-refractivity contribution is 0.0981. The van der Waals surface area contributed by atoms with Crippen LogP contribution < -0.4 is 4.90 Å². The highest BCUT2D eigenvalue weighted by Crippen LogP contribution is 2.30. The summed E-state index contributed by atoms with van der Waals surface area (Å²) in [5, 5.41) is 9.40. The molecule has 1 heterocycles. The van der Waals surface area contributed by atoms with Crippen molar-refractivity contribution in [1.82, 2.24) is 10.2 Å². The van der Waals surface area contributed by atoms with E-state index in [-0.39, 0.29) is 5.56 Å². The molecule has 0 unspecified atom stereocenters. The number of aromatic nitrogens is 2. The molecule has 0 spiro atoms. The van der Waals surface area contributed by atoms with Gasteiger partial charge < -0.3 is 0 Å². The molecule has 144 valence electrons. The summed E-state index contributed by atoms with van der Waals surface area (Å²) >= 11 is 1.26. The van der Waals surface area contributed by atoms with E-state index in [9.17, 15) is 14.0 Å². The molecule has 0 fully saturated rings. The number of rotatable bonds is 7. The fourth-order valence-corrected chi connectivity index (χ4v) is 3.47. The van der Waals surface area contributed by atoms with Crippen LogP contribution in [0.25, 0.3) is 10.6 Å². The molecule has 3 rings (SSSR count). The first-order valence-electron chi connectivity index (χ1n) is 8.95. The van der Waals surface area contributed by atoms with Crippen molar-refractivity contribution in [2.45, 2.75) is 20.3 Å². The van der Waals surface area contributed by atoms with Gasteiger partial charge in [-0.1, -0.05) is 61.6 Å². The molecular formula is C21H20FN3O2S. The van der Waals surface area contributed by atoms with Gasteiger partial charge in [-0.25, -0.2) is 4.39 Å². The molecule has 0 aliphatic carbocycles.